The predicted octanol–water partition coefficient (Wildman–Crippen LogP) is 3.78. The van der Waals surface area contributed by atoms with E-state index >= 15 is 0 Å². The van der Waals surface area contributed by atoms with Crippen LogP contribution < -0.4 is 5.32 Å². The van der Waals surface area contributed by atoms with Gasteiger partial charge in [0, 0.05) is 12.7 Å². The van der Waals surface area contributed by atoms with E-state index in [4.69, 9.17) is 16.9 Å². The zero-order valence-corrected chi connectivity index (χ0v) is 11.4. The molecule has 0 radical (unpaired) electrons. The Hall–Kier alpha value is -2.05. The molecule has 0 saturated heterocycles. The standard InChI is InChI=1S/C15H14ClN3/c1-2-11-3-5-12(6-4-11)10-19-15-14(16)13(9-17)7-8-18-15/h3-8H,2,10H2,1H3,(H,18,19). The van der Waals surface area contributed by atoms with E-state index in [0.29, 0.717) is 22.9 Å². The van der Waals surface area contributed by atoms with Crippen LogP contribution in [0.25, 0.3) is 0 Å². The number of benzene rings is 1. The van der Waals surface area contributed by atoms with Crippen molar-refractivity contribution in [1.82, 2.24) is 4.98 Å². The van der Waals surface area contributed by atoms with E-state index in [9.17, 15) is 0 Å². The summed E-state index contributed by atoms with van der Waals surface area (Å²) in [5.74, 6) is 0.542. The van der Waals surface area contributed by atoms with Crippen molar-refractivity contribution in [3.63, 3.8) is 0 Å². The fourth-order valence-corrected chi connectivity index (χ4v) is 1.95. The fraction of sp³-hybridized carbons (Fsp3) is 0.200. The third-order valence-electron chi connectivity index (χ3n) is 2.90. The zero-order valence-electron chi connectivity index (χ0n) is 10.7. The molecule has 0 aliphatic heterocycles. The quantitative estimate of drug-likeness (QED) is 0.921. The number of nitriles is 1. The highest BCUT2D eigenvalue weighted by atomic mass is 35.5. The molecule has 96 valence electrons. The van der Waals surface area contributed by atoms with Crippen molar-refractivity contribution < 1.29 is 0 Å². The lowest BCUT2D eigenvalue weighted by molar-refractivity contribution is 1.09. The minimum Gasteiger partial charge on any atom is -0.365 e. The average Bonchev–Trinajstić information content (AvgIpc) is 2.47. The van der Waals surface area contributed by atoms with Gasteiger partial charge in [0.05, 0.1) is 5.56 Å². The topological polar surface area (TPSA) is 48.7 Å². The number of pyridine rings is 1. The minimum absolute atomic E-state index is 0.371. The van der Waals surface area contributed by atoms with Gasteiger partial charge in [-0.05, 0) is 23.6 Å². The van der Waals surface area contributed by atoms with Crippen LogP contribution in [0, 0.1) is 11.3 Å². The monoisotopic (exact) mass is 271 g/mol. The maximum absolute atomic E-state index is 8.90. The molecule has 0 fully saturated rings. The van der Waals surface area contributed by atoms with Crippen molar-refractivity contribution >= 4 is 17.4 Å². The number of rotatable bonds is 4. The second kappa shape index (κ2) is 6.21. The van der Waals surface area contributed by atoms with E-state index in [1.54, 1.807) is 12.3 Å². The molecule has 0 aliphatic carbocycles. The molecule has 1 heterocycles. The highest BCUT2D eigenvalue weighted by molar-refractivity contribution is 6.34. The van der Waals surface area contributed by atoms with E-state index in [1.165, 1.54) is 5.56 Å². The van der Waals surface area contributed by atoms with Crippen LogP contribution in [0.5, 0.6) is 0 Å². The second-order valence-electron chi connectivity index (χ2n) is 4.16. The fourth-order valence-electron chi connectivity index (χ4n) is 1.73. The van der Waals surface area contributed by atoms with Crippen LogP contribution >= 0.6 is 11.6 Å². The third-order valence-corrected chi connectivity index (χ3v) is 3.28. The lowest BCUT2D eigenvalue weighted by atomic mass is 10.1. The molecule has 0 bridgehead atoms. The zero-order chi connectivity index (χ0) is 13.7. The van der Waals surface area contributed by atoms with Gasteiger partial charge in [0.1, 0.15) is 16.9 Å². The van der Waals surface area contributed by atoms with Gasteiger partial charge in [-0.25, -0.2) is 4.98 Å². The molecule has 1 N–H and O–H groups in total. The first kappa shape index (κ1) is 13.4. The van der Waals surface area contributed by atoms with Crippen LogP contribution in [0.1, 0.15) is 23.6 Å². The summed E-state index contributed by atoms with van der Waals surface area (Å²) < 4.78 is 0. The second-order valence-corrected chi connectivity index (χ2v) is 4.53. The summed E-state index contributed by atoms with van der Waals surface area (Å²) in [6.07, 6.45) is 2.61. The Morgan fingerprint density at radius 1 is 1.21 bits per heavy atom. The van der Waals surface area contributed by atoms with Gasteiger partial charge in [0.25, 0.3) is 0 Å². The van der Waals surface area contributed by atoms with E-state index in [0.717, 1.165) is 12.0 Å². The van der Waals surface area contributed by atoms with Gasteiger partial charge in [-0.3, -0.25) is 0 Å². The molecule has 2 aromatic rings. The number of halogens is 1. The number of aromatic nitrogens is 1. The first-order chi connectivity index (χ1) is 9.24. The highest BCUT2D eigenvalue weighted by Crippen LogP contribution is 2.23. The van der Waals surface area contributed by atoms with Gasteiger partial charge in [-0.1, -0.05) is 42.8 Å². The van der Waals surface area contributed by atoms with E-state index in [1.807, 2.05) is 6.07 Å². The van der Waals surface area contributed by atoms with Crippen molar-refractivity contribution in [2.45, 2.75) is 19.9 Å². The lowest BCUT2D eigenvalue weighted by Crippen LogP contribution is -2.02. The Bertz CT molecular complexity index is 600. The van der Waals surface area contributed by atoms with Gasteiger partial charge in [0.2, 0.25) is 0 Å². The molecule has 0 aliphatic rings. The normalized spacial score (nSPS) is 9.95. The highest BCUT2D eigenvalue weighted by Gasteiger charge is 2.06. The van der Waals surface area contributed by atoms with E-state index in [-0.39, 0.29) is 0 Å². The van der Waals surface area contributed by atoms with Crippen LogP contribution in [0.2, 0.25) is 5.02 Å². The number of hydrogen-bond donors (Lipinski definition) is 1. The Morgan fingerprint density at radius 3 is 2.53 bits per heavy atom. The van der Waals surface area contributed by atoms with Gasteiger partial charge < -0.3 is 5.32 Å². The molecular weight excluding hydrogens is 258 g/mol. The summed E-state index contributed by atoms with van der Waals surface area (Å²) >= 11 is 6.08. The number of aryl methyl sites for hydroxylation is 1. The Labute approximate surface area is 117 Å². The van der Waals surface area contributed by atoms with Gasteiger partial charge in [-0.2, -0.15) is 5.26 Å². The van der Waals surface area contributed by atoms with Gasteiger partial charge in [0.15, 0.2) is 0 Å². The van der Waals surface area contributed by atoms with Crippen LogP contribution in [-0.4, -0.2) is 4.98 Å². The maximum Gasteiger partial charge on any atom is 0.146 e. The smallest absolute Gasteiger partial charge is 0.146 e. The molecule has 3 nitrogen and oxygen atoms in total. The van der Waals surface area contributed by atoms with E-state index in [2.05, 4.69) is 41.5 Å². The van der Waals surface area contributed by atoms with Gasteiger partial charge in [-0.15, -0.1) is 0 Å². The molecule has 0 atom stereocenters. The van der Waals surface area contributed by atoms with Crippen LogP contribution in [0.15, 0.2) is 36.5 Å². The molecule has 0 saturated carbocycles. The van der Waals surface area contributed by atoms with Crippen molar-refractivity contribution in [3.05, 3.63) is 58.2 Å². The molecule has 0 amide bonds. The predicted molar refractivity (Wildman–Crippen MR) is 77.1 cm³/mol. The molecule has 4 heteroatoms. The summed E-state index contributed by atoms with van der Waals surface area (Å²) in [7, 11) is 0. The van der Waals surface area contributed by atoms with Gasteiger partial charge >= 0.3 is 0 Å². The van der Waals surface area contributed by atoms with Crippen molar-refractivity contribution in [2.24, 2.45) is 0 Å². The molecule has 19 heavy (non-hydrogen) atoms. The Balaban J connectivity index is 2.08. The number of hydrogen-bond acceptors (Lipinski definition) is 3. The molecule has 0 spiro atoms. The first-order valence-corrected chi connectivity index (χ1v) is 6.48. The molecule has 1 aromatic heterocycles. The molecule has 0 unspecified atom stereocenters. The minimum atomic E-state index is 0.371. The van der Waals surface area contributed by atoms with Crippen molar-refractivity contribution in [1.29, 1.82) is 5.26 Å². The van der Waals surface area contributed by atoms with Crippen molar-refractivity contribution in [2.75, 3.05) is 5.32 Å². The Kier molecular flexibility index (Phi) is 4.38. The van der Waals surface area contributed by atoms with Crippen LogP contribution in [0.4, 0.5) is 5.82 Å². The summed E-state index contributed by atoms with van der Waals surface area (Å²) in [4.78, 5) is 4.14. The average molecular weight is 272 g/mol. The number of anilines is 1. The molecular formula is C15H14ClN3. The largest absolute Gasteiger partial charge is 0.365 e. The maximum atomic E-state index is 8.90. The summed E-state index contributed by atoms with van der Waals surface area (Å²) in [6.45, 7) is 2.76. The van der Waals surface area contributed by atoms with Crippen LogP contribution in [0.3, 0.4) is 0 Å². The molecule has 1 aromatic carbocycles. The number of nitrogens with one attached hydrogen (secondary N) is 1. The third kappa shape index (κ3) is 3.24. The summed E-state index contributed by atoms with van der Waals surface area (Å²) in [5, 5.41) is 12.4. The first-order valence-electron chi connectivity index (χ1n) is 6.11. The number of nitrogens with zero attached hydrogens (tertiary/aromatic N) is 2. The van der Waals surface area contributed by atoms with E-state index < -0.39 is 0 Å². The van der Waals surface area contributed by atoms with Crippen LogP contribution in [-0.2, 0) is 13.0 Å². The SMILES string of the molecule is CCc1ccc(CNc2nccc(C#N)c2Cl)cc1. The lowest BCUT2D eigenvalue weighted by Gasteiger charge is -2.08. The summed E-state index contributed by atoms with van der Waals surface area (Å²) in [5.41, 5.74) is 2.89. The summed E-state index contributed by atoms with van der Waals surface area (Å²) in [6, 6.07) is 12.0. The molecule has 2 rings (SSSR count). The Morgan fingerprint density at radius 2 is 1.89 bits per heavy atom. The van der Waals surface area contributed by atoms with Crippen molar-refractivity contribution in [3.8, 4) is 6.07 Å².